The fourth-order valence-electron chi connectivity index (χ4n) is 2.44. The molecule has 0 aliphatic heterocycles. The van der Waals surface area contributed by atoms with Crippen molar-refractivity contribution in [2.24, 2.45) is 7.05 Å². The van der Waals surface area contributed by atoms with Crippen LogP contribution in [0, 0.1) is 0 Å². The highest BCUT2D eigenvalue weighted by Gasteiger charge is 2.13. The van der Waals surface area contributed by atoms with Crippen molar-refractivity contribution in [3.63, 3.8) is 0 Å². The highest BCUT2D eigenvalue weighted by atomic mass is 32.2. The molecule has 0 unspecified atom stereocenters. The summed E-state index contributed by atoms with van der Waals surface area (Å²) in [5.41, 5.74) is 2.54. The predicted molar refractivity (Wildman–Crippen MR) is 96.8 cm³/mol. The zero-order chi connectivity index (χ0) is 17.8. The average molecular weight is 354 g/mol. The third kappa shape index (κ3) is 3.71. The molecule has 0 bridgehead atoms. The van der Waals surface area contributed by atoms with Gasteiger partial charge in [0.15, 0.2) is 16.8 Å². The number of thioether (sulfide) groups is 1. The lowest BCUT2D eigenvalue weighted by Crippen LogP contribution is -1.98. The van der Waals surface area contributed by atoms with E-state index in [1.807, 2.05) is 35.9 Å². The van der Waals surface area contributed by atoms with Gasteiger partial charge in [-0.2, -0.15) is 0 Å². The van der Waals surface area contributed by atoms with Crippen LogP contribution in [-0.2, 0) is 12.8 Å². The fourth-order valence-corrected chi connectivity index (χ4v) is 3.33. The van der Waals surface area contributed by atoms with E-state index in [0.717, 1.165) is 27.9 Å². The normalized spacial score (nSPS) is 10.7. The molecule has 0 aliphatic carbocycles. The predicted octanol–water partition coefficient (Wildman–Crippen LogP) is 3.38. The van der Waals surface area contributed by atoms with Crippen LogP contribution in [0.25, 0.3) is 11.4 Å². The minimum absolute atomic E-state index is 0.0337. The molecular weight excluding hydrogens is 336 g/mol. The molecule has 128 valence electrons. The summed E-state index contributed by atoms with van der Waals surface area (Å²) < 4.78 is 7.33. The first-order valence-electron chi connectivity index (χ1n) is 7.70. The maximum absolute atomic E-state index is 11.6. The Bertz CT molecular complexity index is 893. The van der Waals surface area contributed by atoms with E-state index in [4.69, 9.17) is 4.74 Å². The monoisotopic (exact) mass is 354 g/mol. The van der Waals surface area contributed by atoms with Crippen LogP contribution in [0.5, 0.6) is 5.75 Å². The van der Waals surface area contributed by atoms with Crippen LogP contribution < -0.4 is 4.74 Å². The number of nitrogens with zero attached hydrogens (tertiary/aromatic N) is 4. The maximum atomic E-state index is 11.6. The van der Waals surface area contributed by atoms with Gasteiger partial charge in [0.2, 0.25) is 0 Å². The first-order valence-corrected chi connectivity index (χ1v) is 8.69. The third-order valence-corrected chi connectivity index (χ3v) is 4.87. The van der Waals surface area contributed by atoms with Gasteiger partial charge in [-0.05, 0) is 37.3 Å². The molecule has 25 heavy (non-hydrogen) atoms. The molecule has 6 nitrogen and oxygen atoms in total. The smallest absolute Gasteiger partial charge is 0.191 e. The van der Waals surface area contributed by atoms with Crippen LogP contribution in [-0.4, -0.2) is 32.6 Å². The molecule has 0 aliphatic rings. The summed E-state index contributed by atoms with van der Waals surface area (Å²) in [6.07, 6.45) is 3.49. The van der Waals surface area contributed by atoms with Gasteiger partial charge in [-0.1, -0.05) is 11.8 Å². The number of rotatable bonds is 6. The van der Waals surface area contributed by atoms with Crippen molar-refractivity contribution in [1.82, 2.24) is 19.7 Å². The van der Waals surface area contributed by atoms with Crippen molar-refractivity contribution in [1.29, 1.82) is 0 Å². The van der Waals surface area contributed by atoms with Gasteiger partial charge in [-0.25, -0.2) is 0 Å². The van der Waals surface area contributed by atoms with Gasteiger partial charge >= 0.3 is 0 Å². The first kappa shape index (κ1) is 17.2. The van der Waals surface area contributed by atoms with Crippen molar-refractivity contribution >= 4 is 17.5 Å². The Hall–Kier alpha value is -2.67. The maximum Gasteiger partial charge on any atom is 0.191 e. The largest absolute Gasteiger partial charge is 0.496 e. The first-order chi connectivity index (χ1) is 12.1. The number of carbonyl (C=O) groups excluding carboxylic acids is 1. The minimum atomic E-state index is 0.0337. The Morgan fingerprint density at radius 2 is 2.12 bits per heavy atom. The number of carbonyl (C=O) groups is 1. The molecule has 2 aromatic heterocycles. The number of ether oxygens (including phenoxy) is 1. The Kier molecular flexibility index (Phi) is 5.14. The Labute approximate surface area is 150 Å². The van der Waals surface area contributed by atoms with E-state index in [0.29, 0.717) is 11.3 Å². The molecule has 0 N–H and O–H groups in total. The molecule has 0 spiro atoms. The van der Waals surface area contributed by atoms with Crippen molar-refractivity contribution in [2.75, 3.05) is 7.11 Å². The molecular formula is C18H18N4O2S. The lowest BCUT2D eigenvalue weighted by molar-refractivity contribution is 0.101. The number of aromatic nitrogens is 4. The second kappa shape index (κ2) is 7.48. The second-order valence-electron chi connectivity index (χ2n) is 5.48. The average Bonchev–Trinajstić information content (AvgIpc) is 3.01. The van der Waals surface area contributed by atoms with Crippen LogP contribution in [0.3, 0.4) is 0 Å². The van der Waals surface area contributed by atoms with Gasteiger partial charge in [-0.3, -0.25) is 9.78 Å². The standard InChI is InChI=1S/C18H18N4O2S/c1-12(23)13-6-7-16(24-3)15(9-13)11-25-18-21-20-17(22(18)2)14-5-4-8-19-10-14/h4-10H,11H2,1-3H3. The summed E-state index contributed by atoms with van der Waals surface area (Å²) in [5.74, 6) is 2.18. The van der Waals surface area contributed by atoms with E-state index >= 15 is 0 Å². The zero-order valence-electron chi connectivity index (χ0n) is 14.3. The van der Waals surface area contributed by atoms with Crippen LogP contribution in [0.2, 0.25) is 0 Å². The molecule has 0 radical (unpaired) electrons. The number of benzene rings is 1. The molecule has 0 atom stereocenters. The van der Waals surface area contributed by atoms with Crippen LogP contribution >= 0.6 is 11.8 Å². The molecule has 7 heteroatoms. The topological polar surface area (TPSA) is 69.9 Å². The molecule has 1 aromatic carbocycles. The van der Waals surface area contributed by atoms with Crippen molar-refractivity contribution in [3.8, 4) is 17.1 Å². The fraction of sp³-hybridized carbons (Fsp3) is 0.222. The molecule has 0 amide bonds. The van der Waals surface area contributed by atoms with E-state index in [2.05, 4.69) is 15.2 Å². The van der Waals surface area contributed by atoms with E-state index in [1.54, 1.807) is 44.3 Å². The van der Waals surface area contributed by atoms with Gasteiger partial charge in [0.1, 0.15) is 5.75 Å². The number of hydrogen-bond acceptors (Lipinski definition) is 6. The summed E-state index contributed by atoms with van der Waals surface area (Å²) in [6, 6.07) is 9.29. The lowest BCUT2D eigenvalue weighted by Gasteiger charge is -2.09. The quantitative estimate of drug-likeness (QED) is 0.499. The van der Waals surface area contributed by atoms with Gasteiger partial charge in [0, 0.05) is 41.9 Å². The summed E-state index contributed by atoms with van der Waals surface area (Å²) in [7, 11) is 3.55. The van der Waals surface area contributed by atoms with Crippen LogP contribution in [0.1, 0.15) is 22.8 Å². The second-order valence-corrected chi connectivity index (χ2v) is 6.42. The molecule has 0 fully saturated rings. The number of ketones is 1. The van der Waals surface area contributed by atoms with Gasteiger partial charge in [0.05, 0.1) is 7.11 Å². The van der Waals surface area contributed by atoms with Crippen molar-refractivity contribution in [2.45, 2.75) is 17.8 Å². The number of hydrogen-bond donors (Lipinski definition) is 0. The summed E-state index contributed by atoms with van der Waals surface area (Å²) in [6.45, 7) is 1.56. The Morgan fingerprint density at radius 3 is 2.80 bits per heavy atom. The van der Waals surface area contributed by atoms with E-state index in [-0.39, 0.29) is 5.78 Å². The lowest BCUT2D eigenvalue weighted by atomic mass is 10.1. The van der Waals surface area contributed by atoms with E-state index < -0.39 is 0 Å². The van der Waals surface area contributed by atoms with Crippen LogP contribution in [0.15, 0.2) is 47.9 Å². The van der Waals surface area contributed by atoms with Gasteiger partial charge < -0.3 is 9.30 Å². The number of Topliss-reactive ketones (excluding diaryl/α,β-unsaturated/α-hetero) is 1. The zero-order valence-corrected chi connectivity index (χ0v) is 15.1. The Morgan fingerprint density at radius 1 is 1.28 bits per heavy atom. The summed E-state index contributed by atoms with van der Waals surface area (Å²) in [5, 5.41) is 9.30. The summed E-state index contributed by atoms with van der Waals surface area (Å²) >= 11 is 1.54. The molecule has 0 saturated heterocycles. The highest BCUT2D eigenvalue weighted by Crippen LogP contribution is 2.29. The van der Waals surface area contributed by atoms with Crippen molar-refractivity contribution < 1.29 is 9.53 Å². The van der Waals surface area contributed by atoms with Crippen molar-refractivity contribution in [3.05, 3.63) is 53.9 Å². The third-order valence-electron chi connectivity index (χ3n) is 3.80. The highest BCUT2D eigenvalue weighted by molar-refractivity contribution is 7.98. The number of methoxy groups -OCH3 is 1. The Balaban J connectivity index is 1.82. The van der Waals surface area contributed by atoms with E-state index in [1.165, 1.54) is 0 Å². The SMILES string of the molecule is COc1ccc(C(C)=O)cc1CSc1nnc(-c2cccnc2)n1C. The van der Waals surface area contributed by atoms with Crippen LogP contribution in [0.4, 0.5) is 0 Å². The molecule has 3 rings (SSSR count). The van der Waals surface area contributed by atoms with Gasteiger partial charge in [-0.15, -0.1) is 10.2 Å². The minimum Gasteiger partial charge on any atom is -0.496 e. The van der Waals surface area contributed by atoms with E-state index in [9.17, 15) is 4.79 Å². The van der Waals surface area contributed by atoms with Gasteiger partial charge in [0.25, 0.3) is 0 Å². The summed E-state index contributed by atoms with van der Waals surface area (Å²) in [4.78, 5) is 15.7. The molecule has 2 heterocycles. The molecule has 3 aromatic rings. The number of pyridine rings is 1. The molecule has 0 saturated carbocycles.